The van der Waals surface area contributed by atoms with Gasteiger partial charge in [0.1, 0.15) is 5.03 Å². The van der Waals surface area contributed by atoms with E-state index in [0.717, 1.165) is 54.0 Å². The molecule has 1 aliphatic heterocycles. The van der Waals surface area contributed by atoms with Crippen molar-refractivity contribution in [1.82, 2.24) is 29.2 Å². The number of anilines is 2. The number of hydrogen-bond donors (Lipinski definition) is 2. The molecule has 1 amide bonds. The first kappa shape index (κ1) is 18.6. The van der Waals surface area contributed by atoms with Gasteiger partial charge in [0.25, 0.3) is 0 Å². The van der Waals surface area contributed by atoms with Crippen molar-refractivity contribution in [3.05, 3.63) is 36.7 Å². The van der Waals surface area contributed by atoms with Crippen molar-refractivity contribution in [2.45, 2.75) is 35.5 Å². The Morgan fingerprint density at radius 1 is 1.10 bits per heavy atom. The van der Waals surface area contributed by atoms with Crippen LogP contribution in [0, 0.1) is 5.92 Å². The van der Waals surface area contributed by atoms with E-state index in [2.05, 4.69) is 30.9 Å². The lowest BCUT2D eigenvalue weighted by atomic mass is 10.2. The molecular weight excluding hydrogens is 416 g/mol. The maximum atomic E-state index is 12.0. The van der Waals surface area contributed by atoms with E-state index in [1.807, 2.05) is 34.9 Å². The van der Waals surface area contributed by atoms with Gasteiger partial charge in [0.05, 0.1) is 24.5 Å². The van der Waals surface area contributed by atoms with Gasteiger partial charge in [-0.2, -0.15) is 5.10 Å². The lowest BCUT2D eigenvalue weighted by Crippen LogP contribution is -2.19. The maximum Gasteiger partial charge on any atom is 0.228 e. The molecular formula is C20H20N8O2S. The van der Waals surface area contributed by atoms with Crippen LogP contribution >= 0.6 is 11.8 Å². The number of imidazole rings is 1. The molecule has 1 atom stereocenters. The average molecular weight is 437 g/mol. The summed E-state index contributed by atoms with van der Waals surface area (Å²) in [5, 5.41) is 21.0. The summed E-state index contributed by atoms with van der Waals surface area (Å²) in [7, 11) is 0. The second-order valence-corrected chi connectivity index (χ2v) is 8.79. The number of rotatable bonds is 6. The molecule has 31 heavy (non-hydrogen) atoms. The molecule has 1 unspecified atom stereocenters. The molecule has 4 aromatic heterocycles. The van der Waals surface area contributed by atoms with Gasteiger partial charge in [-0.05, 0) is 55.3 Å². The van der Waals surface area contributed by atoms with Crippen LogP contribution in [0.1, 0.15) is 19.3 Å². The number of fused-ring (bicyclic) bond motifs is 2. The second-order valence-electron chi connectivity index (χ2n) is 7.80. The number of nitrogens with one attached hydrogen (secondary N) is 2. The van der Waals surface area contributed by atoms with Crippen LogP contribution in [0.5, 0.6) is 0 Å². The number of pyridine rings is 1. The van der Waals surface area contributed by atoms with E-state index < -0.39 is 0 Å². The van der Waals surface area contributed by atoms with Crippen LogP contribution in [0.25, 0.3) is 11.3 Å². The van der Waals surface area contributed by atoms with Crippen LogP contribution in [0.3, 0.4) is 0 Å². The van der Waals surface area contributed by atoms with Crippen LogP contribution in [-0.4, -0.2) is 54.4 Å². The summed E-state index contributed by atoms with van der Waals surface area (Å²) in [4.78, 5) is 16.4. The van der Waals surface area contributed by atoms with E-state index in [1.165, 1.54) is 11.8 Å². The largest absolute Gasteiger partial charge is 0.379 e. The number of nitrogens with zero attached hydrogens (tertiary/aromatic N) is 6. The normalized spacial score (nSPS) is 18.6. The van der Waals surface area contributed by atoms with E-state index in [1.54, 1.807) is 10.7 Å². The minimum absolute atomic E-state index is 0.0292. The fourth-order valence-electron chi connectivity index (χ4n) is 3.56. The lowest BCUT2D eigenvalue weighted by Gasteiger charge is -2.12. The molecule has 1 saturated heterocycles. The Morgan fingerprint density at radius 3 is 2.84 bits per heavy atom. The Labute approximate surface area is 181 Å². The number of hydrogen-bond acceptors (Lipinski definition) is 8. The monoisotopic (exact) mass is 436 g/mol. The van der Waals surface area contributed by atoms with E-state index in [4.69, 9.17) is 4.74 Å². The first-order valence-corrected chi connectivity index (χ1v) is 11.1. The number of amides is 1. The third-order valence-corrected chi connectivity index (χ3v) is 6.25. The summed E-state index contributed by atoms with van der Waals surface area (Å²) in [5.41, 5.74) is 2.44. The van der Waals surface area contributed by atoms with Gasteiger partial charge in [-0.1, -0.05) is 0 Å². The molecule has 1 aliphatic carbocycles. The van der Waals surface area contributed by atoms with Gasteiger partial charge in [0.2, 0.25) is 11.1 Å². The Balaban J connectivity index is 1.23. The molecule has 0 spiro atoms. The number of ether oxygens (including phenoxy) is 1. The summed E-state index contributed by atoms with van der Waals surface area (Å²) in [6.45, 7) is 1.52. The first-order valence-electron chi connectivity index (χ1n) is 10.3. The molecule has 0 radical (unpaired) electrons. The van der Waals surface area contributed by atoms with Gasteiger partial charge in [0.15, 0.2) is 17.1 Å². The standard InChI is InChI=1S/C20H20N8O2S/c29-19(12-1-2-12)23-15-10-28-16(22-15)5-6-18(26-28)31-20-25-24-17-4-3-13(9-27(17)20)21-14-7-8-30-11-14/h3-6,9-10,12,14,21H,1-2,7-8,11H2,(H,23,29). The fourth-order valence-corrected chi connectivity index (χ4v) is 4.33. The third kappa shape index (κ3) is 3.81. The average Bonchev–Trinajstić information content (AvgIpc) is 3.16. The number of aromatic nitrogens is 6. The van der Waals surface area contributed by atoms with Gasteiger partial charge < -0.3 is 15.4 Å². The predicted octanol–water partition coefficient (Wildman–Crippen LogP) is 2.47. The summed E-state index contributed by atoms with van der Waals surface area (Å²) < 4.78 is 9.06. The molecule has 158 valence electrons. The number of carbonyl (C=O) groups excluding carboxylic acids is 1. The lowest BCUT2D eigenvalue weighted by molar-refractivity contribution is -0.117. The molecule has 5 heterocycles. The highest BCUT2D eigenvalue weighted by Crippen LogP contribution is 2.30. The first-order chi connectivity index (χ1) is 15.2. The highest BCUT2D eigenvalue weighted by molar-refractivity contribution is 7.99. The van der Waals surface area contributed by atoms with Crippen molar-refractivity contribution in [2.24, 2.45) is 5.92 Å². The van der Waals surface area contributed by atoms with Crippen LogP contribution in [0.15, 0.2) is 46.8 Å². The Hall–Kier alpha value is -3.18. The van der Waals surface area contributed by atoms with E-state index in [9.17, 15) is 4.79 Å². The fraction of sp³-hybridized carbons (Fsp3) is 0.350. The molecule has 2 aliphatic rings. The van der Waals surface area contributed by atoms with Crippen LogP contribution < -0.4 is 10.6 Å². The van der Waals surface area contributed by atoms with Crippen molar-refractivity contribution >= 4 is 40.5 Å². The predicted molar refractivity (Wildman–Crippen MR) is 114 cm³/mol. The summed E-state index contributed by atoms with van der Waals surface area (Å²) >= 11 is 1.42. The van der Waals surface area contributed by atoms with Gasteiger partial charge >= 0.3 is 0 Å². The van der Waals surface area contributed by atoms with Crippen LogP contribution in [0.4, 0.5) is 11.5 Å². The molecule has 1 saturated carbocycles. The zero-order chi connectivity index (χ0) is 20.8. The molecule has 2 fully saturated rings. The topological polar surface area (TPSA) is 111 Å². The number of carbonyl (C=O) groups is 1. The zero-order valence-electron chi connectivity index (χ0n) is 16.6. The highest BCUT2D eigenvalue weighted by atomic mass is 32.2. The second kappa shape index (κ2) is 7.50. The van der Waals surface area contributed by atoms with Crippen LogP contribution in [0.2, 0.25) is 0 Å². The van der Waals surface area contributed by atoms with E-state index >= 15 is 0 Å². The molecule has 0 bridgehead atoms. The van der Waals surface area contributed by atoms with Crippen LogP contribution in [-0.2, 0) is 9.53 Å². The Bertz CT molecular complexity index is 1270. The summed E-state index contributed by atoms with van der Waals surface area (Å²) in [5.74, 6) is 0.679. The maximum absolute atomic E-state index is 12.0. The highest BCUT2D eigenvalue weighted by Gasteiger charge is 2.30. The quantitative estimate of drug-likeness (QED) is 0.474. The molecule has 6 rings (SSSR count). The third-order valence-electron chi connectivity index (χ3n) is 5.36. The molecule has 2 N–H and O–H groups in total. The SMILES string of the molecule is O=C(Nc1cn2nc(Sc3nnc4ccc(NC5CCOC5)cn34)ccc2n1)C1CC1. The van der Waals surface area contributed by atoms with Gasteiger partial charge in [-0.25, -0.2) is 9.50 Å². The van der Waals surface area contributed by atoms with Crippen molar-refractivity contribution < 1.29 is 9.53 Å². The van der Waals surface area contributed by atoms with Crippen molar-refractivity contribution in [3.8, 4) is 0 Å². The minimum Gasteiger partial charge on any atom is -0.379 e. The van der Waals surface area contributed by atoms with Gasteiger partial charge in [0, 0.05) is 18.7 Å². The molecule has 11 heteroatoms. The molecule has 10 nitrogen and oxygen atoms in total. The van der Waals surface area contributed by atoms with Crippen molar-refractivity contribution in [1.29, 1.82) is 0 Å². The van der Waals surface area contributed by atoms with Crippen molar-refractivity contribution in [3.63, 3.8) is 0 Å². The zero-order valence-corrected chi connectivity index (χ0v) is 17.4. The Morgan fingerprint density at radius 2 is 2.00 bits per heavy atom. The van der Waals surface area contributed by atoms with Gasteiger partial charge in [-0.15, -0.1) is 10.2 Å². The van der Waals surface area contributed by atoms with E-state index in [-0.39, 0.29) is 11.8 Å². The van der Waals surface area contributed by atoms with Gasteiger partial charge in [-0.3, -0.25) is 9.20 Å². The Kier molecular flexibility index (Phi) is 4.50. The smallest absolute Gasteiger partial charge is 0.228 e. The van der Waals surface area contributed by atoms with E-state index in [0.29, 0.717) is 17.5 Å². The molecule has 0 aromatic carbocycles. The molecule has 4 aromatic rings. The van der Waals surface area contributed by atoms with Crippen molar-refractivity contribution in [2.75, 3.05) is 23.8 Å². The summed E-state index contributed by atoms with van der Waals surface area (Å²) in [6, 6.07) is 8.03. The minimum atomic E-state index is 0.0292. The summed E-state index contributed by atoms with van der Waals surface area (Å²) in [6.07, 6.45) is 6.64.